The van der Waals surface area contributed by atoms with Crippen molar-refractivity contribution >= 4 is 5.95 Å². The highest BCUT2D eigenvalue weighted by atomic mass is 16.5. The molecule has 1 aromatic heterocycles. The van der Waals surface area contributed by atoms with Crippen molar-refractivity contribution in [1.29, 1.82) is 0 Å². The summed E-state index contributed by atoms with van der Waals surface area (Å²) in [6, 6.07) is 9.74. The summed E-state index contributed by atoms with van der Waals surface area (Å²) in [5.41, 5.74) is 2.05. The first-order valence-corrected chi connectivity index (χ1v) is 6.51. The van der Waals surface area contributed by atoms with Gasteiger partial charge in [0.2, 0.25) is 11.8 Å². The zero-order chi connectivity index (χ0) is 13.7. The third-order valence-electron chi connectivity index (χ3n) is 2.58. The van der Waals surface area contributed by atoms with E-state index in [1.807, 2.05) is 44.2 Å². The van der Waals surface area contributed by atoms with Crippen molar-refractivity contribution in [3.63, 3.8) is 0 Å². The first kappa shape index (κ1) is 13.3. The smallest absolute Gasteiger partial charge is 0.226 e. The van der Waals surface area contributed by atoms with Crippen molar-refractivity contribution in [2.45, 2.75) is 27.2 Å². The van der Waals surface area contributed by atoms with E-state index in [4.69, 9.17) is 4.74 Å². The van der Waals surface area contributed by atoms with Gasteiger partial charge in [0.05, 0.1) is 0 Å². The van der Waals surface area contributed by atoms with Crippen molar-refractivity contribution in [3.05, 3.63) is 41.6 Å². The molecular weight excluding hydrogens is 238 g/mol. The Hall–Kier alpha value is -2.10. The molecule has 0 saturated heterocycles. The zero-order valence-electron chi connectivity index (χ0n) is 11.6. The Balaban J connectivity index is 2.17. The summed E-state index contributed by atoms with van der Waals surface area (Å²) in [7, 11) is 0. The van der Waals surface area contributed by atoms with Crippen LogP contribution < -0.4 is 10.1 Å². The molecule has 0 aliphatic carbocycles. The molecule has 2 aromatic rings. The number of aromatic nitrogens is 2. The summed E-state index contributed by atoms with van der Waals surface area (Å²) in [5, 5.41) is 3.17. The van der Waals surface area contributed by atoms with E-state index in [1.165, 1.54) is 0 Å². The molecule has 1 aromatic carbocycles. The van der Waals surface area contributed by atoms with Crippen molar-refractivity contribution in [2.24, 2.45) is 0 Å². The van der Waals surface area contributed by atoms with Gasteiger partial charge in [-0.25, -0.2) is 4.98 Å². The zero-order valence-corrected chi connectivity index (χ0v) is 11.6. The lowest BCUT2D eigenvalue weighted by Gasteiger charge is -2.09. The van der Waals surface area contributed by atoms with Crippen LogP contribution in [0.1, 0.15) is 24.6 Å². The Morgan fingerprint density at radius 1 is 1.16 bits per heavy atom. The summed E-state index contributed by atoms with van der Waals surface area (Å²) >= 11 is 0. The average molecular weight is 257 g/mol. The van der Waals surface area contributed by atoms with Gasteiger partial charge in [-0.2, -0.15) is 4.98 Å². The summed E-state index contributed by atoms with van der Waals surface area (Å²) in [5.74, 6) is 1.97. The number of anilines is 1. The fourth-order valence-corrected chi connectivity index (χ4v) is 1.71. The lowest BCUT2D eigenvalue weighted by Crippen LogP contribution is -2.05. The minimum absolute atomic E-state index is 0.566. The Labute approximate surface area is 113 Å². The van der Waals surface area contributed by atoms with Gasteiger partial charge >= 0.3 is 0 Å². The van der Waals surface area contributed by atoms with Gasteiger partial charge in [-0.3, -0.25) is 0 Å². The SMILES string of the molecule is CCCNc1nc(C)cc(Oc2cccc(C)c2)n1. The van der Waals surface area contributed by atoms with E-state index in [-0.39, 0.29) is 0 Å². The molecule has 0 aliphatic heterocycles. The highest BCUT2D eigenvalue weighted by Crippen LogP contribution is 2.21. The average Bonchev–Trinajstić information content (AvgIpc) is 2.35. The summed E-state index contributed by atoms with van der Waals surface area (Å²) in [6.45, 7) is 6.93. The maximum atomic E-state index is 5.77. The van der Waals surface area contributed by atoms with E-state index in [0.29, 0.717) is 11.8 Å². The number of rotatable bonds is 5. The Morgan fingerprint density at radius 3 is 2.74 bits per heavy atom. The van der Waals surface area contributed by atoms with Gasteiger partial charge in [0.25, 0.3) is 0 Å². The lowest BCUT2D eigenvalue weighted by atomic mass is 10.2. The van der Waals surface area contributed by atoms with Crippen LogP contribution in [0.25, 0.3) is 0 Å². The second-order valence-electron chi connectivity index (χ2n) is 4.52. The van der Waals surface area contributed by atoms with E-state index in [0.717, 1.165) is 30.0 Å². The molecule has 0 radical (unpaired) electrons. The largest absolute Gasteiger partial charge is 0.439 e. The van der Waals surface area contributed by atoms with E-state index in [9.17, 15) is 0 Å². The van der Waals surface area contributed by atoms with Gasteiger partial charge in [0, 0.05) is 18.3 Å². The molecule has 0 fully saturated rings. The Kier molecular flexibility index (Phi) is 4.34. The van der Waals surface area contributed by atoms with Crippen LogP contribution in [0.4, 0.5) is 5.95 Å². The van der Waals surface area contributed by atoms with Crippen molar-refractivity contribution < 1.29 is 4.74 Å². The second-order valence-corrected chi connectivity index (χ2v) is 4.52. The highest BCUT2D eigenvalue weighted by Gasteiger charge is 2.04. The molecule has 4 nitrogen and oxygen atoms in total. The molecule has 0 spiro atoms. The van der Waals surface area contributed by atoms with Crippen LogP contribution in [0.15, 0.2) is 30.3 Å². The third kappa shape index (κ3) is 3.95. The second kappa shape index (κ2) is 6.18. The van der Waals surface area contributed by atoms with Crippen LogP contribution in [0.2, 0.25) is 0 Å². The number of aryl methyl sites for hydroxylation is 2. The molecule has 1 heterocycles. The Morgan fingerprint density at radius 2 is 2.00 bits per heavy atom. The molecule has 0 saturated carbocycles. The minimum Gasteiger partial charge on any atom is -0.439 e. The molecule has 0 atom stereocenters. The van der Waals surface area contributed by atoms with Crippen LogP contribution in [0, 0.1) is 13.8 Å². The minimum atomic E-state index is 0.566. The van der Waals surface area contributed by atoms with Crippen LogP contribution in [0.5, 0.6) is 11.6 Å². The quantitative estimate of drug-likeness (QED) is 0.887. The fraction of sp³-hybridized carbons (Fsp3) is 0.333. The van der Waals surface area contributed by atoms with Crippen LogP contribution in [-0.4, -0.2) is 16.5 Å². The summed E-state index contributed by atoms with van der Waals surface area (Å²) < 4.78 is 5.77. The highest BCUT2D eigenvalue weighted by molar-refractivity contribution is 5.35. The number of ether oxygens (including phenoxy) is 1. The molecule has 0 bridgehead atoms. The number of hydrogen-bond acceptors (Lipinski definition) is 4. The van der Waals surface area contributed by atoms with Gasteiger partial charge in [-0.1, -0.05) is 19.1 Å². The van der Waals surface area contributed by atoms with E-state index in [2.05, 4.69) is 22.2 Å². The first-order chi connectivity index (χ1) is 9.17. The topological polar surface area (TPSA) is 47.0 Å². The van der Waals surface area contributed by atoms with Gasteiger partial charge < -0.3 is 10.1 Å². The van der Waals surface area contributed by atoms with Crippen LogP contribution in [0.3, 0.4) is 0 Å². The van der Waals surface area contributed by atoms with Gasteiger partial charge in [0.1, 0.15) is 5.75 Å². The number of hydrogen-bond donors (Lipinski definition) is 1. The molecule has 100 valence electrons. The van der Waals surface area contributed by atoms with E-state index in [1.54, 1.807) is 0 Å². The molecule has 2 rings (SSSR count). The monoisotopic (exact) mass is 257 g/mol. The molecule has 0 aliphatic rings. The van der Waals surface area contributed by atoms with E-state index >= 15 is 0 Å². The summed E-state index contributed by atoms with van der Waals surface area (Å²) in [6.07, 6.45) is 1.03. The Bertz CT molecular complexity index is 555. The molecule has 0 amide bonds. The lowest BCUT2D eigenvalue weighted by molar-refractivity contribution is 0.461. The fourth-order valence-electron chi connectivity index (χ4n) is 1.71. The van der Waals surface area contributed by atoms with Crippen LogP contribution in [-0.2, 0) is 0 Å². The normalized spacial score (nSPS) is 10.3. The molecule has 4 heteroatoms. The van der Waals surface area contributed by atoms with Gasteiger partial charge in [-0.15, -0.1) is 0 Å². The van der Waals surface area contributed by atoms with Crippen LogP contribution >= 0.6 is 0 Å². The maximum absolute atomic E-state index is 5.77. The first-order valence-electron chi connectivity index (χ1n) is 6.51. The standard InChI is InChI=1S/C15H19N3O/c1-4-8-16-15-17-12(3)10-14(18-15)19-13-7-5-6-11(2)9-13/h5-7,9-10H,4,8H2,1-3H3,(H,16,17,18). The number of nitrogens with one attached hydrogen (secondary N) is 1. The number of benzene rings is 1. The predicted octanol–water partition coefficient (Wildman–Crippen LogP) is 3.71. The van der Waals surface area contributed by atoms with Crippen molar-refractivity contribution in [3.8, 4) is 11.6 Å². The molecule has 0 unspecified atom stereocenters. The van der Waals surface area contributed by atoms with Gasteiger partial charge in [0.15, 0.2) is 0 Å². The number of nitrogens with zero attached hydrogens (tertiary/aromatic N) is 2. The predicted molar refractivity (Wildman–Crippen MR) is 76.8 cm³/mol. The molecule has 19 heavy (non-hydrogen) atoms. The van der Waals surface area contributed by atoms with E-state index < -0.39 is 0 Å². The van der Waals surface area contributed by atoms with Crippen molar-refractivity contribution in [1.82, 2.24) is 9.97 Å². The molecule has 1 N–H and O–H groups in total. The molecular formula is C15H19N3O. The summed E-state index contributed by atoms with van der Waals surface area (Å²) in [4.78, 5) is 8.68. The third-order valence-corrected chi connectivity index (χ3v) is 2.58. The maximum Gasteiger partial charge on any atom is 0.226 e. The van der Waals surface area contributed by atoms with Crippen molar-refractivity contribution in [2.75, 3.05) is 11.9 Å². The van der Waals surface area contributed by atoms with Gasteiger partial charge in [-0.05, 0) is 38.0 Å².